The summed E-state index contributed by atoms with van der Waals surface area (Å²) in [4.78, 5) is 33.4. The summed E-state index contributed by atoms with van der Waals surface area (Å²) in [5, 5.41) is 10.6. The van der Waals surface area contributed by atoms with Crippen LogP contribution >= 0.6 is 11.8 Å². The fourth-order valence-electron chi connectivity index (χ4n) is 4.00. The van der Waals surface area contributed by atoms with Crippen LogP contribution in [-0.2, 0) is 4.79 Å². The van der Waals surface area contributed by atoms with Crippen LogP contribution in [-0.4, -0.2) is 38.0 Å². The van der Waals surface area contributed by atoms with E-state index < -0.39 is 29.0 Å². The van der Waals surface area contributed by atoms with E-state index in [1.165, 1.54) is 35.2 Å². The third kappa shape index (κ3) is 4.33. The number of imide groups is 1. The molecule has 0 aliphatic carbocycles. The van der Waals surface area contributed by atoms with Crippen LogP contribution in [0.5, 0.6) is 5.75 Å². The van der Waals surface area contributed by atoms with Crippen LogP contribution in [0, 0.1) is 0 Å². The molecule has 10 heteroatoms. The highest BCUT2D eigenvalue weighted by Gasteiger charge is 2.55. The Labute approximate surface area is 198 Å². The molecule has 1 aliphatic rings. The van der Waals surface area contributed by atoms with Crippen molar-refractivity contribution in [3.63, 3.8) is 0 Å². The van der Waals surface area contributed by atoms with E-state index in [0.717, 1.165) is 4.90 Å². The highest BCUT2D eigenvalue weighted by molar-refractivity contribution is 8.00. The van der Waals surface area contributed by atoms with Gasteiger partial charge in [-0.2, -0.15) is 13.2 Å². The number of rotatable bonds is 5. The molecule has 1 atom stereocenters. The van der Waals surface area contributed by atoms with E-state index in [1.807, 2.05) is 0 Å². The molecule has 1 fully saturated rings. The first-order valence-electron chi connectivity index (χ1n) is 10.2. The Morgan fingerprint density at radius 1 is 0.971 bits per heavy atom. The van der Waals surface area contributed by atoms with Crippen molar-refractivity contribution >= 4 is 29.4 Å². The zero-order valence-corrected chi connectivity index (χ0v) is 19.0. The molecule has 2 aromatic carbocycles. The van der Waals surface area contributed by atoms with Crippen LogP contribution in [0.4, 0.5) is 23.7 Å². The molecular formula is C24H20F3N3O3S. The molecule has 6 nitrogen and oxygen atoms in total. The van der Waals surface area contributed by atoms with Gasteiger partial charge in [-0.3, -0.25) is 14.7 Å². The predicted molar refractivity (Wildman–Crippen MR) is 121 cm³/mol. The zero-order chi connectivity index (χ0) is 24.7. The van der Waals surface area contributed by atoms with Crippen molar-refractivity contribution in [2.45, 2.75) is 35.8 Å². The molecule has 0 saturated carbocycles. The maximum atomic E-state index is 13.7. The van der Waals surface area contributed by atoms with Crippen molar-refractivity contribution < 1.29 is 27.9 Å². The zero-order valence-electron chi connectivity index (χ0n) is 18.2. The highest BCUT2D eigenvalue weighted by atomic mass is 32.2. The maximum Gasteiger partial charge on any atom is 0.446 e. The number of para-hydroxylation sites is 1. The minimum absolute atomic E-state index is 0.0488. The second-order valence-corrected chi connectivity index (χ2v) is 9.27. The van der Waals surface area contributed by atoms with Crippen molar-refractivity contribution in [3.05, 3.63) is 84.2 Å². The fraction of sp³-hybridized carbons (Fsp3) is 0.208. The van der Waals surface area contributed by atoms with E-state index >= 15 is 0 Å². The summed E-state index contributed by atoms with van der Waals surface area (Å²) >= 11 is -0.278. The number of halogens is 3. The number of hydrogen-bond donors (Lipinski definition) is 1. The molecule has 1 saturated heterocycles. The Balaban J connectivity index is 1.78. The van der Waals surface area contributed by atoms with Gasteiger partial charge in [0.25, 0.3) is 5.91 Å². The Morgan fingerprint density at radius 3 is 2.18 bits per heavy atom. The lowest BCUT2D eigenvalue weighted by Gasteiger charge is -2.36. The number of phenolic OH excluding ortho intramolecular Hbond substituents is 1. The first-order chi connectivity index (χ1) is 16.0. The van der Waals surface area contributed by atoms with Crippen molar-refractivity contribution in [1.29, 1.82) is 0 Å². The average Bonchev–Trinajstić information content (AvgIpc) is 2.95. The van der Waals surface area contributed by atoms with Crippen LogP contribution in [0.1, 0.15) is 31.0 Å². The number of carbonyl (C=O) groups is 2. The van der Waals surface area contributed by atoms with Gasteiger partial charge in [-0.05, 0) is 73.6 Å². The summed E-state index contributed by atoms with van der Waals surface area (Å²) in [5.74, 6) is -0.587. The molecule has 4 rings (SSSR count). The lowest BCUT2D eigenvalue weighted by Crippen LogP contribution is -2.46. The number of benzene rings is 2. The number of urea groups is 1. The molecule has 0 bridgehead atoms. The molecule has 1 aliphatic heterocycles. The van der Waals surface area contributed by atoms with Gasteiger partial charge in [0.2, 0.25) is 0 Å². The first-order valence-corrected chi connectivity index (χ1v) is 11.0. The van der Waals surface area contributed by atoms with Gasteiger partial charge < -0.3 is 5.11 Å². The second kappa shape index (κ2) is 8.68. The van der Waals surface area contributed by atoms with Gasteiger partial charge in [0.1, 0.15) is 11.3 Å². The lowest BCUT2D eigenvalue weighted by atomic mass is 9.92. The first kappa shape index (κ1) is 23.6. The normalized spacial score (nSPS) is 16.7. The largest absolute Gasteiger partial charge is 0.508 e. The Bertz CT molecular complexity index is 1220. The van der Waals surface area contributed by atoms with Gasteiger partial charge in [-0.25, -0.2) is 9.69 Å². The second-order valence-electron chi connectivity index (χ2n) is 8.14. The molecule has 1 N–H and O–H groups in total. The van der Waals surface area contributed by atoms with E-state index in [-0.39, 0.29) is 28.1 Å². The van der Waals surface area contributed by atoms with Crippen LogP contribution in [0.2, 0.25) is 0 Å². The van der Waals surface area contributed by atoms with Crippen molar-refractivity contribution in [3.8, 4) is 5.75 Å². The number of amides is 3. The van der Waals surface area contributed by atoms with Gasteiger partial charge in [-0.1, -0.05) is 18.2 Å². The minimum Gasteiger partial charge on any atom is -0.508 e. The topological polar surface area (TPSA) is 73.7 Å². The van der Waals surface area contributed by atoms with E-state index in [4.69, 9.17) is 0 Å². The van der Waals surface area contributed by atoms with Crippen molar-refractivity contribution in [2.75, 3.05) is 4.90 Å². The minimum atomic E-state index is -4.45. The number of pyridine rings is 1. The molecule has 0 spiro atoms. The van der Waals surface area contributed by atoms with Crippen LogP contribution in [0.15, 0.2) is 78.0 Å². The van der Waals surface area contributed by atoms with E-state index in [9.17, 15) is 27.9 Å². The summed E-state index contributed by atoms with van der Waals surface area (Å²) < 4.78 is 38.0. The predicted octanol–water partition coefficient (Wildman–Crippen LogP) is 5.74. The Kier molecular flexibility index (Phi) is 6.03. The van der Waals surface area contributed by atoms with Crippen molar-refractivity contribution in [1.82, 2.24) is 9.88 Å². The standard InChI is InChI=1S/C24H20F3N3O3S/c1-23(2)21(32)29(16-7-9-17(10-8-16)34-24(25,26)27)22(33)30(23)20(15-11-13-28-14-12-15)18-5-3-4-6-19(18)31/h3-14,20,31H,1-2H3. The van der Waals surface area contributed by atoms with Crippen molar-refractivity contribution in [2.24, 2.45) is 0 Å². The Hall–Kier alpha value is -3.53. The van der Waals surface area contributed by atoms with Gasteiger partial charge in [0, 0.05) is 22.9 Å². The van der Waals surface area contributed by atoms with Gasteiger partial charge in [-0.15, -0.1) is 0 Å². The monoisotopic (exact) mass is 487 g/mol. The summed E-state index contributed by atoms with van der Waals surface area (Å²) in [6.45, 7) is 3.19. The molecular weight excluding hydrogens is 467 g/mol. The summed E-state index contributed by atoms with van der Waals surface area (Å²) in [7, 11) is 0. The Morgan fingerprint density at radius 2 is 1.59 bits per heavy atom. The van der Waals surface area contributed by atoms with Crippen LogP contribution in [0.3, 0.4) is 0 Å². The van der Waals surface area contributed by atoms with E-state index in [2.05, 4.69) is 4.98 Å². The van der Waals surface area contributed by atoms with E-state index in [0.29, 0.717) is 11.1 Å². The fourth-order valence-corrected chi connectivity index (χ4v) is 4.54. The van der Waals surface area contributed by atoms with Crippen LogP contribution < -0.4 is 4.90 Å². The number of anilines is 1. The number of phenols is 1. The molecule has 3 aromatic rings. The summed E-state index contributed by atoms with van der Waals surface area (Å²) in [5.41, 5.74) is -4.57. The highest BCUT2D eigenvalue weighted by Crippen LogP contribution is 2.44. The van der Waals surface area contributed by atoms with E-state index in [1.54, 1.807) is 56.6 Å². The number of hydrogen-bond acceptors (Lipinski definition) is 5. The third-order valence-electron chi connectivity index (χ3n) is 5.57. The molecule has 34 heavy (non-hydrogen) atoms. The smallest absolute Gasteiger partial charge is 0.446 e. The third-order valence-corrected chi connectivity index (χ3v) is 6.31. The van der Waals surface area contributed by atoms with Gasteiger partial charge >= 0.3 is 11.5 Å². The quantitative estimate of drug-likeness (QED) is 0.367. The average molecular weight is 488 g/mol. The number of aromatic hydroxyl groups is 1. The molecule has 176 valence electrons. The number of nitrogens with zero attached hydrogens (tertiary/aromatic N) is 3. The molecule has 3 amide bonds. The maximum absolute atomic E-state index is 13.7. The number of carbonyl (C=O) groups excluding carboxylic acids is 2. The molecule has 2 heterocycles. The summed E-state index contributed by atoms with van der Waals surface area (Å²) in [6, 6.07) is 13.5. The molecule has 1 unspecified atom stereocenters. The molecule has 1 aromatic heterocycles. The van der Waals surface area contributed by atoms with Gasteiger partial charge in [0.15, 0.2) is 0 Å². The number of aromatic nitrogens is 1. The lowest BCUT2D eigenvalue weighted by molar-refractivity contribution is -0.123. The number of thioether (sulfide) groups is 1. The summed E-state index contributed by atoms with van der Waals surface area (Å²) in [6.07, 6.45) is 3.10. The molecule has 0 radical (unpaired) electrons. The number of alkyl halides is 3. The SMILES string of the molecule is CC1(C)C(=O)N(c2ccc(SC(F)(F)F)cc2)C(=O)N1C(c1ccncc1)c1ccccc1O. The van der Waals surface area contributed by atoms with Crippen LogP contribution in [0.25, 0.3) is 0 Å². The van der Waals surface area contributed by atoms with Gasteiger partial charge in [0.05, 0.1) is 11.7 Å².